The minimum Gasteiger partial charge on any atom is -0.481 e. The number of nitrogens with zero attached hydrogens (tertiary/aromatic N) is 1. The van der Waals surface area contributed by atoms with Gasteiger partial charge in [0, 0.05) is 19.4 Å². The molecule has 1 saturated heterocycles. The Balaban J connectivity index is 3.09. The molecule has 1 aliphatic heterocycles. The molecule has 1 fully saturated rings. The fraction of sp³-hybridized carbons (Fsp3) is 0.737. The van der Waals surface area contributed by atoms with Crippen LogP contribution in [0.1, 0.15) is 99.3 Å². The topological polar surface area (TPSA) is 353 Å². The van der Waals surface area contributed by atoms with Crippen molar-refractivity contribution in [1.82, 2.24) is 36.8 Å². The van der Waals surface area contributed by atoms with Crippen molar-refractivity contribution >= 4 is 59.3 Å². The monoisotopic (exact) mass is 856 g/mol. The summed E-state index contributed by atoms with van der Waals surface area (Å²) in [6.45, 7) is 8.89. The second kappa shape index (κ2) is 26.0. The SMILES string of the molecule is CC[C@H](C)[C@H](NC(=O)CNC(=O)[C@H](CCC(=O)O)NC(=O)[C@@H](N)CC(C)C)C(=O)N[C@@H](CO)C(=O)N1CCC[C@H]1C(=O)N[C@@H](CCC(=O)O)C(=O)N[C@@H](CC(C)C)C(=O)O. The highest BCUT2D eigenvalue weighted by Gasteiger charge is 2.40. The van der Waals surface area contributed by atoms with Crippen LogP contribution in [-0.2, 0) is 47.9 Å². The third-order valence-corrected chi connectivity index (χ3v) is 9.81. The first-order chi connectivity index (χ1) is 28.0. The van der Waals surface area contributed by atoms with Crippen molar-refractivity contribution in [3.05, 3.63) is 0 Å². The molecule has 7 amide bonds. The van der Waals surface area contributed by atoms with Crippen molar-refractivity contribution < 1.29 is 68.4 Å². The van der Waals surface area contributed by atoms with Gasteiger partial charge in [-0.15, -0.1) is 0 Å². The summed E-state index contributed by atoms with van der Waals surface area (Å²) in [6.07, 6.45) is -0.614. The average Bonchev–Trinajstić information content (AvgIpc) is 3.66. The first kappa shape index (κ1) is 52.6. The molecule has 0 saturated carbocycles. The normalized spacial score (nSPS) is 17.2. The molecule has 1 rings (SSSR count). The van der Waals surface area contributed by atoms with Gasteiger partial charge in [0.05, 0.1) is 19.2 Å². The highest BCUT2D eigenvalue weighted by molar-refractivity contribution is 5.97. The molecule has 0 aromatic carbocycles. The van der Waals surface area contributed by atoms with Crippen LogP contribution in [0, 0.1) is 17.8 Å². The third-order valence-electron chi connectivity index (χ3n) is 9.81. The van der Waals surface area contributed by atoms with Gasteiger partial charge < -0.3 is 63.0 Å². The van der Waals surface area contributed by atoms with Gasteiger partial charge in [-0.25, -0.2) is 4.79 Å². The van der Waals surface area contributed by atoms with Gasteiger partial charge in [-0.3, -0.25) is 43.2 Å². The predicted octanol–water partition coefficient (Wildman–Crippen LogP) is -2.21. The van der Waals surface area contributed by atoms with Crippen LogP contribution < -0.4 is 37.6 Å². The number of carbonyl (C=O) groups excluding carboxylic acids is 7. The largest absolute Gasteiger partial charge is 0.481 e. The van der Waals surface area contributed by atoms with Gasteiger partial charge in [-0.2, -0.15) is 0 Å². The second-order valence-corrected chi connectivity index (χ2v) is 15.8. The molecule has 340 valence electrons. The maximum absolute atomic E-state index is 13.7. The zero-order valence-corrected chi connectivity index (χ0v) is 35.2. The lowest BCUT2D eigenvalue weighted by molar-refractivity contribution is -0.144. The number of aliphatic carboxylic acids is 3. The lowest BCUT2D eigenvalue weighted by Crippen LogP contribution is -2.60. The minimum absolute atomic E-state index is 0.00750. The van der Waals surface area contributed by atoms with Crippen LogP contribution in [0.15, 0.2) is 0 Å². The summed E-state index contributed by atoms with van der Waals surface area (Å²) in [6, 6.07) is -9.21. The Morgan fingerprint density at radius 1 is 0.683 bits per heavy atom. The van der Waals surface area contributed by atoms with Crippen LogP contribution in [0.25, 0.3) is 0 Å². The van der Waals surface area contributed by atoms with E-state index in [0.717, 1.165) is 4.90 Å². The standard InChI is InChI=1S/C38H64N8O14/c1-7-21(6)31(45-28(48)17-40-33(54)23(10-12-29(49)50)41-32(53)22(39)15-19(2)3)36(57)44-26(18-47)37(58)46-14-8-9-27(46)35(56)42-24(11-13-30(51)52)34(55)43-25(38(59)60)16-20(4)5/h19-27,31,47H,7-18,39H2,1-6H3,(H,40,54)(H,41,53)(H,42,56)(H,43,55)(H,44,57)(H,45,48)(H,49,50)(H,51,52)(H,59,60)/t21-,22-,23-,24-,25-,26-,27-,31-/m0/s1. The van der Waals surface area contributed by atoms with E-state index in [4.69, 9.17) is 10.8 Å². The van der Waals surface area contributed by atoms with Crippen LogP contribution in [0.5, 0.6) is 0 Å². The molecule has 0 bridgehead atoms. The number of carbonyl (C=O) groups is 10. The molecule has 1 heterocycles. The van der Waals surface area contributed by atoms with Gasteiger partial charge in [0.25, 0.3) is 0 Å². The Labute approximate surface area is 348 Å². The van der Waals surface area contributed by atoms with Crippen molar-refractivity contribution in [2.45, 2.75) is 142 Å². The molecule has 22 heteroatoms. The van der Waals surface area contributed by atoms with E-state index in [2.05, 4.69) is 31.9 Å². The van der Waals surface area contributed by atoms with E-state index in [1.54, 1.807) is 27.7 Å². The van der Waals surface area contributed by atoms with E-state index >= 15 is 0 Å². The van der Waals surface area contributed by atoms with Gasteiger partial charge in [0.2, 0.25) is 41.4 Å². The summed E-state index contributed by atoms with van der Waals surface area (Å²) in [5, 5.41) is 52.5. The van der Waals surface area contributed by atoms with Crippen molar-refractivity contribution in [3.8, 4) is 0 Å². The van der Waals surface area contributed by atoms with E-state index in [0.29, 0.717) is 19.3 Å². The lowest BCUT2D eigenvalue weighted by atomic mass is 9.97. The van der Waals surface area contributed by atoms with E-state index in [-0.39, 0.29) is 37.6 Å². The lowest BCUT2D eigenvalue weighted by Gasteiger charge is -2.31. The zero-order chi connectivity index (χ0) is 45.9. The number of hydrogen-bond acceptors (Lipinski definition) is 12. The summed E-state index contributed by atoms with van der Waals surface area (Å²) < 4.78 is 0. The number of nitrogens with one attached hydrogen (secondary N) is 6. The summed E-state index contributed by atoms with van der Waals surface area (Å²) >= 11 is 0. The van der Waals surface area contributed by atoms with Crippen molar-refractivity contribution in [2.24, 2.45) is 23.5 Å². The van der Waals surface area contributed by atoms with Gasteiger partial charge in [0.1, 0.15) is 36.3 Å². The number of carboxylic acid groups (broad SMARTS) is 3. The molecule has 22 nitrogen and oxygen atoms in total. The van der Waals surface area contributed by atoms with E-state index in [9.17, 15) is 63.3 Å². The molecule has 0 aromatic heterocycles. The maximum Gasteiger partial charge on any atom is 0.326 e. The molecular formula is C38H64N8O14. The van der Waals surface area contributed by atoms with E-state index < -0.39 is 140 Å². The summed E-state index contributed by atoms with van der Waals surface area (Å²) in [5.41, 5.74) is 5.90. The first-order valence-electron chi connectivity index (χ1n) is 20.1. The van der Waals surface area contributed by atoms with Gasteiger partial charge >= 0.3 is 17.9 Å². The zero-order valence-electron chi connectivity index (χ0n) is 35.2. The van der Waals surface area contributed by atoms with Gasteiger partial charge in [-0.1, -0.05) is 48.0 Å². The Morgan fingerprint density at radius 3 is 1.72 bits per heavy atom. The fourth-order valence-corrected chi connectivity index (χ4v) is 6.37. The molecule has 0 radical (unpaired) electrons. The molecule has 0 unspecified atom stereocenters. The van der Waals surface area contributed by atoms with Crippen LogP contribution in [0.3, 0.4) is 0 Å². The van der Waals surface area contributed by atoms with Crippen LogP contribution in [-0.4, -0.2) is 147 Å². The number of amides is 7. The van der Waals surface area contributed by atoms with Crippen molar-refractivity contribution in [2.75, 3.05) is 19.7 Å². The number of hydrogen-bond donors (Lipinski definition) is 11. The maximum atomic E-state index is 13.7. The van der Waals surface area contributed by atoms with Crippen LogP contribution in [0.2, 0.25) is 0 Å². The average molecular weight is 857 g/mol. The minimum atomic E-state index is -1.60. The van der Waals surface area contributed by atoms with Gasteiger partial charge in [0.15, 0.2) is 0 Å². The molecule has 0 aliphatic carbocycles. The highest BCUT2D eigenvalue weighted by atomic mass is 16.4. The Morgan fingerprint density at radius 2 is 1.22 bits per heavy atom. The Kier molecular flexibility index (Phi) is 22.8. The van der Waals surface area contributed by atoms with E-state index in [1.807, 2.05) is 13.8 Å². The Bertz CT molecular complexity index is 1540. The number of rotatable bonds is 27. The van der Waals surface area contributed by atoms with E-state index in [1.165, 1.54) is 0 Å². The number of aliphatic hydroxyl groups is 1. The number of nitrogens with two attached hydrogens (primary N) is 1. The molecule has 12 N–H and O–H groups in total. The quantitative estimate of drug-likeness (QED) is 0.0417. The van der Waals surface area contributed by atoms with Crippen molar-refractivity contribution in [3.63, 3.8) is 0 Å². The molecule has 0 spiro atoms. The number of likely N-dealkylation sites (tertiary alicyclic amines) is 1. The van der Waals surface area contributed by atoms with Crippen molar-refractivity contribution in [1.29, 1.82) is 0 Å². The number of carboxylic acids is 3. The smallest absolute Gasteiger partial charge is 0.326 e. The summed E-state index contributed by atoms with van der Waals surface area (Å²) in [5.74, 6) is -10.4. The highest BCUT2D eigenvalue weighted by Crippen LogP contribution is 2.20. The predicted molar refractivity (Wildman–Crippen MR) is 212 cm³/mol. The fourth-order valence-electron chi connectivity index (χ4n) is 6.37. The molecular weight excluding hydrogens is 792 g/mol. The molecule has 1 aliphatic rings. The Hall–Kier alpha value is -5.38. The number of aliphatic hydroxyl groups excluding tert-OH is 1. The summed E-state index contributed by atoms with van der Waals surface area (Å²) in [4.78, 5) is 128. The summed E-state index contributed by atoms with van der Waals surface area (Å²) in [7, 11) is 0. The second-order valence-electron chi connectivity index (χ2n) is 15.8. The first-order valence-corrected chi connectivity index (χ1v) is 20.1. The van der Waals surface area contributed by atoms with Gasteiger partial charge in [-0.05, 0) is 56.3 Å². The van der Waals surface area contributed by atoms with Crippen LogP contribution >= 0.6 is 0 Å². The van der Waals surface area contributed by atoms with Crippen LogP contribution in [0.4, 0.5) is 0 Å². The molecule has 8 atom stereocenters. The molecule has 60 heavy (non-hydrogen) atoms. The molecule has 0 aromatic rings. The third kappa shape index (κ3) is 18.3.